The number of hydrogen-bond donors (Lipinski definition) is 2. The van der Waals surface area contributed by atoms with Crippen molar-refractivity contribution in [3.63, 3.8) is 0 Å². The molecule has 6 nitrogen and oxygen atoms in total. The molecule has 0 radical (unpaired) electrons. The van der Waals surface area contributed by atoms with E-state index in [9.17, 15) is 24.6 Å². The maximum Gasteiger partial charge on any atom is 0.302 e. The van der Waals surface area contributed by atoms with Crippen LogP contribution in [0.4, 0.5) is 0 Å². The minimum absolute atomic E-state index is 0.0360. The highest BCUT2D eigenvalue weighted by atomic mass is 16.5. The van der Waals surface area contributed by atoms with Crippen LogP contribution in [0.2, 0.25) is 0 Å². The lowest BCUT2D eigenvalue weighted by Gasteiger charge is -2.53. The second-order valence-corrected chi connectivity index (χ2v) is 9.16. The molecule has 0 aromatic heterocycles. The second kappa shape index (κ2) is 6.61. The van der Waals surface area contributed by atoms with Gasteiger partial charge in [0.25, 0.3) is 0 Å². The minimum atomic E-state index is -0.719. The van der Waals surface area contributed by atoms with Crippen LogP contribution < -0.4 is 0 Å². The number of fused-ring (bicyclic) bond motifs is 3. The van der Waals surface area contributed by atoms with Crippen molar-refractivity contribution >= 4 is 17.5 Å². The summed E-state index contributed by atoms with van der Waals surface area (Å²) in [6.07, 6.45) is 3.08. The number of ketones is 2. The Hall–Kier alpha value is -2.37. The summed E-state index contributed by atoms with van der Waals surface area (Å²) >= 11 is 0. The molecule has 0 aromatic rings. The van der Waals surface area contributed by atoms with E-state index in [1.165, 1.54) is 13.0 Å². The van der Waals surface area contributed by atoms with E-state index < -0.39 is 29.0 Å². The number of hydrogen-bond acceptors (Lipinski definition) is 6. The average molecular weight is 388 g/mol. The predicted molar refractivity (Wildman–Crippen MR) is 102 cm³/mol. The normalized spacial score (nSPS) is 30.5. The smallest absolute Gasteiger partial charge is 0.302 e. The van der Waals surface area contributed by atoms with Gasteiger partial charge in [-0.3, -0.25) is 14.4 Å². The summed E-state index contributed by atoms with van der Waals surface area (Å²) in [5.41, 5.74) is -0.429. The summed E-state index contributed by atoms with van der Waals surface area (Å²) in [6.45, 7) is 8.84. The molecule has 0 amide bonds. The zero-order valence-corrected chi connectivity index (χ0v) is 17.1. The third-order valence-corrected chi connectivity index (χ3v) is 6.47. The van der Waals surface area contributed by atoms with Crippen LogP contribution in [-0.2, 0) is 19.1 Å². The van der Waals surface area contributed by atoms with Gasteiger partial charge in [0, 0.05) is 41.4 Å². The number of allylic oxidation sites excluding steroid dienone is 3. The number of carbonyl (C=O) groups excluding carboxylic acids is 3. The maximum atomic E-state index is 13.0. The molecule has 3 atom stereocenters. The summed E-state index contributed by atoms with van der Waals surface area (Å²) < 4.78 is 5.05. The topological polar surface area (TPSA) is 101 Å². The molecule has 1 fully saturated rings. The van der Waals surface area contributed by atoms with Crippen molar-refractivity contribution in [2.45, 2.75) is 66.4 Å². The molecule has 3 aliphatic rings. The van der Waals surface area contributed by atoms with E-state index in [1.54, 1.807) is 6.92 Å². The van der Waals surface area contributed by atoms with Gasteiger partial charge in [0.2, 0.25) is 5.78 Å². The molecule has 0 spiro atoms. The van der Waals surface area contributed by atoms with Crippen molar-refractivity contribution in [2.75, 3.05) is 0 Å². The van der Waals surface area contributed by atoms with Gasteiger partial charge >= 0.3 is 5.97 Å². The Kier molecular flexibility index (Phi) is 4.80. The number of aliphatic hydroxyl groups is 2. The molecule has 6 heteroatoms. The van der Waals surface area contributed by atoms with Crippen molar-refractivity contribution in [1.82, 2.24) is 0 Å². The Morgan fingerprint density at radius 3 is 2.46 bits per heavy atom. The quantitative estimate of drug-likeness (QED) is 0.712. The SMILES string of the molecule is CC(=O)O[C@H](C)CC1=C(O)C2=CC(=O)[C@H]3C(C)(C)CCC[C@]3(C)C2=C(O)C1=O. The van der Waals surface area contributed by atoms with Gasteiger partial charge in [-0.25, -0.2) is 0 Å². The van der Waals surface area contributed by atoms with E-state index in [-0.39, 0.29) is 40.4 Å². The molecule has 2 N–H and O–H groups in total. The second-order valence-electron chi connectivity index (χ2n) is 9.16. The van der Waals surface area contributed by atoms with Crippen molar-refractivity contribution in [1.29, 1.82) is 0 Å². The average Bonchev–Trinajstić information content (AvgIpc) is 2.54. The first-order valence-corrected chi connectivity index (χ1v) is 9.74. The third-order valence-electron chi connectivity index (χ3n) is 6.47. The lowest BCUT2D eigenvalue weighted by molar-refractivity contribution is -0.145. The number of rotatable bonds is 3. The number of esters is 1. The Morgan fingerprint density at radius 1 is 1.21 bits per heavy atom. The number of ether oxygens (including phenoxy) is 1. The Balaban J connectivity index is 2.12. The minimum Gasteiger partial charge on any atom is -0.507 e. The fourth-order valence-electron chi connectivity index (χ4n) is 5.55. The highest BCUT2D eigenvalue weighted by Gasteiger charge is 2.57. The Bertz CT molecular complexity index is 856. The lowest BCUT2D eigenvalue weighted by Crippen LogP contribution is -2.51. The molecular formula is C22H28O6. The van der Waals surface area contributed by atoms with Gasteiger partial charge in [-0.15, -0.1) is 0 Å². The lowest BCUT2D eigenvalue weighted by atomic mass is 9.49. The van der Waals surface area contributed by atoms with E-state index in [1.807, 2.05) is 20.8 Å². The maximum absolute atomic E-state index is 13.0. The first-order chi connectivity index (χ1) is 12.9. The highest BCUT2D eigenvalue weighted by Crippen LogP contribution is 2.60. The van der Waals surface area contributed by atoms with Gasteiger partial charge in [-0.1, -0.05) is 27.2 Å². The molecule has 0 aliphatic heterocycles. The summed E-state index contributed by atoms with van der Waals surface area (Å²) in [5.74, 6) is -2.33. The largest absolute Gasteiger partial charge is 0.507 e. The number of Topliss-reactive ketones (excluding diaryl/α,β-unsaturated/α-hetero) is 1. The Morgan fingerprint density at radius 2 is 1.86 bits per heavy atom. The standard InChI is InChI=1S/C22H28O6/c1-11(28-12(2)23)9-14-17(25)13-10-15(24)20-21(3,4)7-6-8-22(20,5)16(13)19(27)18(14)26/h10-11,20,25,27H,6-9H2,1-5H3/t11-,20+,22-/m1/s1. The summed E-state index contributed by atoms with van der Waals surface area (Å²) in [5, 5.41) is 21.7. The van der Waals surface area contributed by atoms with Crippen LogP contribution in [0.1, 0.15) is 60.3 Å². The molecule has 0 heterocycles. The van der Waals surface area contributed by atoms with Gasteiger partial charge in [-0.2, -0.15) is 0 Å². The Labute approximate surface area is 165 Å². The first kappa shape index (κ1) is 20.4. The third kappa shape index (κ3) is 2.99. The molecule has 3 aliphatic carbocycles. The summed E-state index contributed by atoms with van der Waals surface area (Å²) in [4.78, 5) is 37.1. The van der Waals surface area contributed by atoms with Crippen LogP contribution in [0.5, 0.6) is 0 Å². The fraction of sp³-hybridized carbons (Fsp3) is 0.591. The van der Waals surface area contributed by atoms with Crippen LogP contribution in [0.15, 0.2) is 34.3 Å². The molecule has 0 aromatic carbocycles. The fourth-order valence-corrected chi connectivity index (χ4v) is 5.55. The summed E-state index contributed by atoms with van der Waals surface area (Å²) in [6, 6.07) is 0. The van der Waals surface area contributed by atoms with E-state index in [0.29, 0.717) is 12.0 Å². The number of carbonyl (C=O) groups is 3. The number of aliphatic hydroxyl groups excluding tert-OH is 2. The zero-order chi connectivity index (χ0) is 21.0. The van der Waals surface area contributed by atoms with Crippen LogP contribution >= 0.6 is 0 Å². The molecule has 0 saturated heterocycles. The van der Waals surface area contributed by atoms with Crippen molar-refractivity contribution in [3.05, 3.63) is 34.3 Å². The van der Waals surface area contributed by atoms with Gasteiger partial charge < -0.3 is 14.9 Å². The van der Waals surface area contributed by atoms with E-state index >= 15 is 0 Å². The molecule has 1 saturated carbocycles. The van der Waals surface area contributed by atoms with Crippen LogP contribution in [0.25, 0.3) is 0 Å². The van der Waals surface area contributed by atoms with Crippen molar-refractivity contribution < 1.29 is 29.3 Å². The van der Waals surface area contributed by atoms with Gasteiger partial charge in [0.15, 0.2) is 11.5 Å². The van der Waals surface area contributed by atoms with E-state index in [0.717, 1.165) is 12.8 Å². The molecule has 0 unspecified atom stereocenters. The summed E-state index contributed by atoms with van der Waals surface area (Å²) in [7, 11) is 0. The van der Waals surface area contributed by atoms with Crippen LogP contribution in [-0.4, -0.2) is 33.9 Å². The van der Waals surface area contributed by atoms with Gasteiger partial charge in [0.05, 0.1) is 0 Å². The molecule has 3 rings (SSSR count). The van der Waals surface area contributed by atoms with Crippen molar-refractivity contribution in [2.24, 2.45) is 16.7 Å². The van der Waals surface area contributed by atoms with Crippen molar-refractivity contribution in [3.8, 4) is 0 Å². The zero-order valence-electron chi connectivity index (χ0n) is 17.1. The van der Waals surface area contributed by atoms with Crippen LogP contribution in [0.3, 0.4) is 0 Å². The molecular weight excluding hydrogens is 360 g/mol. The van der Waals surface area contributed by atoms with Crippen LogP contribution in [0, 0.1) is 16.7 Å². The molecule has 152 valence electrons. The van der Waals surface area contributed by atoms with E-state index in [2.05, 4.69) is 0 Å². The highest BCUT2D eigenvalue weighted by molar-refractivity contribution is 6.12. The predicted octanol–water partition coefficient (Wildman–Crippen LogP) is 3.88. The van der Waals surface area contributed by atoms with E-state index in [4.69, 9.17) is 4.74 Å². The first-order valence-electron chi connectivity index (χ1n) is 9.74. The molecule has 0 bridgehead atoms. The molecule has 28 heavy (non-hydrogen) atoms. The van der Waals surface area contributed by atoms with Gasteiger partial charge in [0.1, 0.15) is 11.9 Å². The van der Waals surface area contributed by atoms with Gasteiger partial charge in [-0.05, 0) is 31.3 Å². The monoisotopic (exact) mass is 388 g/mol.